The molecule has 4 heteroatoms. The summed E-state index contributed by atoms with van der Waals surface area (Å²) >= 11 is 0. The van der Waals surface area contributed by atoms with Crippen LogP contribution in [-0.2, 0) is 6.54 Å². The van der Waals surface area contributed by atoms with Gasteiger partial charge in [-0.1, -0.05) is 12.1 Å². The van der Waals surface area contributed by atoms with Crippen molar-refractivity contribution >= 4 is 16.4 Å². The Morgan fingerprint density at radius 2 is 2.12 bits per heavy atom. The van der Waals surface area contributed by atoms with Gasteiger partial charge >= 0.3 is 0 Å². The number of aryl methyl sites for hydroxylation is 1. The van der Waals surface area contributed by atoms with Crippen molar-refractivity contribution in [3.05, 3.63) is 41.9 Å². The van der Waals surface area contributed by atoms with Gasteiger partial charge in [-0.05, 0) is 19.1 Å². The second-order valence-electron chi connectivity index (χ2n) is 4.10. The van der Waals surface area contributed by atoms with Gasteiger partial charge in [0.15, 0.2) is 0 Å². The number of aromatic hydroxyl groups is 1. The third kappa shape index (κ3) is 1.31. The van der Waals surface area contributed by atoms with Gasteiger partial charge < -0.3 is 15.2 Å². The van der Waals surface area contributed by atoms with Crippen molar-refractivity contribution in [3.63, 3.8) is 0 Å². The summed E-state index contributed by atoms with van der Waals surface area (Å²) in [5, 5.41) is 11.6. The Bertz CT molecular complexity index is 715. The van der Waals surface area contributed by atoms with Crippen molar-refractivity contribution in [2.75, 3.05) is 0 Å². The smallest absolute Gasteiger partial charge is 0.145 e. The summed E-state index contributed by atoms with van der Waals surface area (Å²) < 4.78 is 1.98. The number of nitrogens with zero attached hydrogens (tertiary/aromatic N) is 2. The Morgan fingerprint density at radius 3 is 2.88 bits per heavy atom. The molecule has 3 N–H and O–H groups in total. The lowest BCUT2D eigenvalue weighted by Crippen LogP contribution is -2.02. The van der Waals surface area contributed by atoms with Crippen molar-refractivity contribution in [2.24, 2.45) is 5.73 Å². The van der Waals surface area contributed by atoms with Crippen LogP contribution in [0.2, 0.25) is 0 Å². The molecule has 0 fully saturated rings. The number of aromatic nitrogens is 2. The predicted molar refractivity (Wildman–Crippen MR) is 67.0 cm³/mol. The standard InChI is InChI=1S/C13H13N3O/c1-8-11(7-14)16-6-5-9-10(13(16)15-8)3-2-4-12(9)17/h2-6,17H,7,14H2,1H3. The zero-order valence-corrected chi connectivity index (χ0v) is 9.51. The summed E-state index contributed by atoms with van der Waals surface area (Å²) in [5.74, 6) is 0.278. The molecule has 4 nitrogen and oxygen atoms in total. The van der Waals surface area contributed by atoms with Crippen LogP contribution in [0.4, 0.5) is 0 Å². The molecule has 0 unspecified atom stereocenters. The summed E-state index contributed by atoms with van der Waals surface area (Å²) in [5.41, 5.74) is 8.51. The third-order valence-corrected chi connectivity index (χ3v) is 3.12. The van der Waals surface area contributed by atoms with E-state index in [0.717, 1.165) is 27.8 Å². The van der Waals surface area contributed by atoms with Crippen molar-refractivity contribution in [1.82, 2.24) is 9.38 Å². The molecule has 0 aliphatic heterocycles. The van der Waals surface area contributed by atoms with Crippen LogP contribution in [0.1, 0.15) is 11.4 Å². The first-order valence-electron chi connectivity index (χ1n) is 5.50. The molecule has 0 aliphatic carbocycles. The van der Waals surface area contributed by atoms with E-state index in [1.807, 2.05) is 35.7 Å². The number of phenolic OH excluding ortho intramolecular Hbond substituents is 1. The molecule has 0 radical (unpaired) electrons. The van der Waals surface area contributed by atoms with Crippen LogP contribution < -0.4 is 5.73 Å². The Hall–Kier alpha value is -2.07. The second kappa shape index (κ2) is 3.46. The van der Waals surface area contributed by atoms with E-state index in [2.05, 4.69) is 4.98 Å². The summed E-state index contributed by atoms with van der Waals surface area (Å²) in [6, 6.07) is 7.34. The van der Waals surface area contributed by atoms with Crippen molar-refractivity contribution in [1.29, 1.82) is 0 Å². The highest BCUT2D eigenvalue weighted by atomic mass is 16.3. The highest BCUT2D eigenvalue weighted by molar-refractivity contribution is 5.97. The van der Waals surface area contributed by atoms with E-state index in [1.165, 1.54) is 0 Å². The molecule has 1 aromatic carbocycles. The first kappa shape index (κ1) is 10.1. The van der Waals surface area contributed by atoms with Gasteiger partial charge in [0.2, 0.25) is 0 Å². The number of benzene rings is 1. The number of fused-ring (bicyclic) bond motifs is 3. The topological polar surface area (TPSA) is 63.5 Å². The number of rotatable bonds is 1. The van der Waals surface area contributed by atoms with Gasteiger partial charge in [-0.15, -0.1) is 0 Å². The second-order valence-corrected chi connectivity index (χ2v) is 4.10. The lowest BCUT2D eigenvalue weighted by atomic mass is 10.1. The molecule has 0 bridgehead atoms. The molecule has 0 aliphatic rings. The molecular formula is C13H13N3O. The molecule has 86 valence electrons. The highest BCUT2D eigenvalue weighted by Crippen LogP contribution is 2.28. The number of hydrogen-bond acceptors (Lipinski definition) is 3. The highest BCUT2D eigenvalue weighted by Gasteiger charge is 2.10. The fourth-order valence-corrected chi connectivity index (χ4v) is 2.25. The van der Waals surface area contributed by atoms with Crippen LogP contribution in [-0.4, -0.2) is 14.5 Å². The molecule has 0 saturated carbocycles. The lowest BCUT2D eigenvalue weighted by Gasteiger charge is -2.04. The molecule has 3 aromatic rings. The van der Waals surface area contributed by atoms with Gasteiger partial charge in [-0.25, -0.2) is 4.98 Å². The quantitative estimate of drug-likeness (QED) is 0.668. The van der Waals surface area contributed by atoms with E-state index < -0.39 is 0 Å². The van der Waals surface area contributed by atoms with Crippen LogP contribution in [0.25, 0.3) is 16.4 Å². The van der Waals surface area contributed by atoms with Crippen LogP contribution in [0.5, 0.6) is 5.75 Å². The number of nitrogens with two attached hydrogens (primary N) is 1. The Balaban J connectivity index is 2.53. The van der Waals surface area contributed by atoms with Gasteiger partial charge in [0.05, 0.1) is 11.4 Å². The van der Waals surface area contributed by atoms with Gasteiger partial charge in [0.25, 0.3) is 0 Å². The van der Waals surface area contributed by atoms with Gasteiger partial charge in [0.1, 0.15) is 11.4 Å². The fraction of sp³-hybridized carbons (Fsp3) is 0.154. The van der Waals surface area contributed by atoms with Gasteiger partial charge in [-0.2, -0.15) is 0 Å². The fourth-order valence-electron chi connectivity index (χ4n) is 2.25. The molecule has 0 atom stereocenters. The third-order valence-electron chi connectivity index (χ3n) is 3.12. The molecular weight excluding hydrogens is 214 g/mol. The molecule has 2 heterocycles. The average molecular weight is 227 g/mol. The number of phenols is 1. The maximum atomic E-state index is 9.80. The van der Waals surface area contributed by atoms with Crippen molar-refractivity contribution in [3.8, 4) is 5.75 Å². The molecule has 0 amide bonds. The van der Waals surface area contributed by atoms with Crippen LogP contribution >= 0.6 is 0 Å². The number of pyridine rings is 1. The maximum absolute atomic E-state index is 9.80. The Morgan fingerprint density at radius 1 is 1.29 bits per heavy atom. The Kier molecular flexibility index (Phi) is 2.06. The lowest BCUT2D eigenvalue weighted by molar-refractivity contribution is 0.481. The normalized spacial score (nSPS) is 11.4. The molecule has 0 saturated heterocycles. The Labute approximate surface area is 98.3 Å². The molecule has 2 aromatic heterocycles. The first-order chi connectivity index (χ1) is 8.22. The zero-order valence-electron chi connectivity index (χ0n) is 9.51. The molecule has 3 rings (SSSR count). The van der Waals surface area contributed by atoms with E-state index in [0.29, 0.717) is 6.54 Å². The van der Waals surface area contributed by atoms with Gasteiger partial charge in [0, 0.05) is 23.5 Å². The van der Waals surface area contributed by atoms with E-state index >= 15 is 0 Å². The van der Waals surface area contributed by atoms with E-state index in [-0.39, 0.29) is 5.75 Å². The summed E-state index contributed by atoms with van der Waals surface area (Å²) in [6.45, 7) is 2.40. The van der Waals surface area contributed by atoms with E-state index in [4.69, 9.17) is 5.73 Å². The predicted octanol–water partition coefficient (Wildman–Crippen LogP) is 1.96. The SMILES string of the molecule is Cc1nc2c3cccc(O)c3ccn2c1CN. The van der Waals surface area contributed by atoms with E-state index in [9.17, 15) is 5.11 Å². The van der Waals surface area contributed by atoms with Crippen LogP contribution in [0.3, 0.4) is 0 Å². The minimum atomic E-state index is 0.278. The monoisotopic (exact) mass is 227 g/mol. The molecule has 17 heavy (non-hydrogen) atoms. The number of imidazole rings is 1. The first-order valence-corrected chi connectivity index (χ1v) is 5.50. The van der Waals surface area contributed by atoms with Crippen molar-refractivity contribution < 1.29 is 5.11 Å². The minimum absolute atomic E-state index is 0.278. The minimum Gasteiger partial charge on any atom is -0.507 e. The average Bonchev–Trinajstić information content (AvgIpc) is 2.65. The van der Waals surface area contributed by atoms with E-state index in [1.54, 1.807) is 6.07 Å². The molecule has 0 spiro atoms. The van der Waals surface area contributed by atoms with Crippen LogP contribution in [0, 0.1) is 6.92 Å². The summed E-state index contributed by atoms with van der Waals surface area (Å²) in [4.78, 5) is 4.53. The van der Waals surface area contributed by atoms with Crippen LogP contribution in [0.15, 0.2) is 30.5 Å². The van der Waals surface area contributed by atoms with Gasteiger partial charge in [-0.3, -0.25) is 0 Å². The number of hydrogen-bond donors (Lipinski definition) is 2. The largest absolute Gasteiger partial charge is 0.507 e. The summed E-state index contributed by atoms with van der Waals surface area (Å²) in [6.07, 6.45) is 1.90. The van der Waals surface area contributed by atoms with Crippen molar-refractivity contribution in [2.45, 2.75) is 13.5 Å². The zero-order chi connectivity index (χ0) is 12.0. The summed E-state index contributed by atoms with van der Waals surface area (Å²) in [7, 11) is 0. The maximum Gasteiger partial charge on any atom is 0.145 e.